The second-order valence-electron chi connectivity index (χ2n) is 6.05. The van der Waals surface area contributed by atoms with Gasteiger partial charge in [-0.05, 0) is 30.3 Å². The molecule has 12 heteroatoms. The number of alkyl halides is 3. The molecule has 0 unspecified atom stereocenters. The number of fused-ring (bicyclic) bond motifs is 1. The molecule has 4 aromatic rings. The highest BCUT2D eigenvalue weighted by atomic mass is 35.5. The predicted molar refractivity (Wildman–Crippen MR) is 111 cm³/mol. The Balaban J connectivity index is 1.65. The molecule has 0 bridgehead atoms. The van der Waals surface area contributed by atoms with Gasteiger partial charge in [-0.15, -0.1) is 0 Å². The van der Waals surface area contributed by atoms with E-state index in [1.54, 1.807) is 18.2 Å². The van der Waals surface area contributed by atoms with Crippen LogP contribution in [-0.2, 0) is 6.18 Å². The summed E-state index contributed by atoms with van der Waals surface area (Å²) in [7, 11) is 0. The molecule has 0 atom stereocenters. The van der Waals surface area contributed by atoms with Gasteiger partial charge >= 0.3 is 6.18 Å². The van der Waals surface area contributed by atoms with Crippen molar-refractivity contribution < 1.29 is 13.2 Å². The molecule has 2 aromatic heterocycles. The normalized spacial score (nSPS) is 11.7. The van der Waals surface area contributed by atoms with Crippen LogP contribution in [0.25, 0.3) is 11.2 Å². The van der Waals surface area contributed by atoms with Gasteiger partial charge in [0.25, 0.3) is 0 Å². The fourth-order valence-electron chi connectivity index (χ4n) is 2.68. The number of hydrogen-bond acceptors (Lipinski definition) is 5. The number of benzene rings is 2. The molecule has 0 radical (unpaired) electrons. The third-order valence-electron chi connectivity index (χ3n) is 4.03. The number of para-hydroxylation sites is 1. The van der Waals surface area contributed by atoms with E-state index in [0.717, 1.165) is 12.1 Å². The number of aromatic amines is 1. The highest BCUT2D eigenvalue weighted by Crippen LogP contribution is 2.37. The van der Waals surface area contributed by atoms with Crippen molar-refractivity contribution in [3.05, 3.63) is 63.4 Å². The van der Waals surface area contributed by atoms with Crippen molar-refractivity contribution in [3.63, 3.8) is 0 Å². The summed E-state index contributed by atoms with van der Waals surface area (Å²) in [6.45, 7) is 0. The van der Waals surface area contributed by atoms with Crippen molar-refractivity contribution in [1.82, 2.24) is 19.9 Å². The van der Waals surface area contributed by atoms with E-state index in [-0.39, 0.29) is 0 Å². The van der Waals surface area contributed by atoms with E-state index in [1.807, 2.05) is 0 Å². The molecular formula is C18H10Cl3F3N6. The van der Waals surface area contributed by atoms with Gasteiger partial charge in [-0.1, -0.05) is 40.9 Å². The summed E-state index contributed by atoms with van der Waals surface area (Å²) >= 11 is 18.1. The number of nitrogens with zero attached hydrogens (tertiary/aromatic N) is 3. The van der Waals surface area contributed by atoms with Gasteiger partial charge in [0.05, 0.1) is 26.3 Å². The zero-order chi connectivity index (χ0) is 21.5. The quantitative estimate of drug-likeness (QED) is 0.303. The first-order valence-electron chi connectivity index (χ1n) is 8.28. The Labute approximate surface area is 182 Å². The number of nitrogens with one attached hydrogen (secondary N) is 3. The molecule has 0 amide bonds. The van der Waals surface area contributed by atoms with E-state index in [9.17, 15) is 13.2 Å². The Bertz CT molecular complexity index is 1220. The molecule has 30 heavy (non-hydrogen) atoms. The minimum absolute atomic E-state index is 0.293. The highest BCUT2D eigenvalue weighted by Gasteiger charge is 2.33. The van der Waals surface area contributed by atoms with Crippen molar-refractivity contribution in [2.24, 2.45) is 0 Å². The predicted octanol–water partition coefficient (Wildman–Crippen LogP) is 6.82. The van der Waals surface area contributed by atoms with E-state index in [4.69, 9.17) is 34.8 Å². The summed E-state index contributed by atoms with van der Waals surface area (Å²) in [6.07, 6.45) is -3.27. The first kappa shape index (κ1) is 20.5. The summed E-state index contributed by atoms with van der Waals surface area (Å²) in [5, 5.41) is 6.25. The van der Waals surface area contributed by atoms with Gasteiger partial charge in [0.15, 0.2) is 11.5 Å². The first-order valence-corrected chi connectivity index (χ1v) is 9.41. The van der Waals surface area contributed by atoms with Crippen LogP contribution in [0.3, 0.4) is 0 Å². The number of rotatable bonds is 4. The molecule has 0 fully saturated rings. The fourth-order valence-corrected chi connectivity index (χ4v) is 3.46. The third kappa shape index (κ3) is 4.09. The van der Waals surface area contributed by atoms with E-state index in [0.29, 0.717) is 44.4 Å². The monoisotopic (exact) mass is 472 g/mol. The van der Waals surface area contributed by atoms with E-state index >= 15 is 0 Å². The molecule has 0 spiro atoms. The average molecular weight is 474 g/mol. The van der Waals surface area contributed by atoms with Crippen LogP contribution in [0.5, 0.6) is 0 Å². The summed E-state index contributed by atoms with van der Waals surface area (Å²) in [6, 6.07) is 8.34. The van der Waals surface area contributed by atoms with Crippen LogP contribution in [-0.4, -0.2) is 19.9 Å². The summed E-state index contributed by atoms with van der Waals surface area (Å²) in [4.78, 5) is 15.5. The SMILES string of the molecule is FC(F)(F)c1ccc(Nc2ncnc3nc(Nc4c(Cl)cccc4Cl)[nH]c23)cc1Cl. The second kappa shape index (κ2) is 7.82. The van der Waals surface area contributed by atoms with Crippen molar-refractivity contribution in [1.29, 1.82) is 0 Å². The van der Waals surface area contributed by atoms with Crippen LogP contribution in [0.4, 0.5) is 36.3 Å². The number of H-pyrrole nitrogens is 1. The van der Waals surface area contributed by atoms with Crippen LogP contribution in [0.1, 0.15) is 5.56 Å². The standard InChI is InChI=1S/C18H10Cl3F3N6/c19-10-2-1-3-11(20)13(10)28-17-29-14-15(25-7-26-16(14)30-17)27-8-4-5-9(12(21)6-8)18(22,23)24/h1-7H,(H3,25,26,27,28,29,30). The van der Waals surface area contributed by atoms with Gasteiger partial charge in [-0.3, -0.25) is 0 Å². The van der Waals surface area contributed by atoms with Crippen LogP contribution in [0.15, 0.2) is 42.7 Å². The molecular weight excluding hydrogens is 464 g/mol. The molecule has 4 rings (SSSR count). The van der Waals surface area contributed by atoms with Crippen LogP contribution in [0.2, 0.25) is 15.1 Å². The number of imidazole rings is 1. The molecule has 6 nitrogen and oxygen atoms in total. The third-order valence-corrected chi connectivity index (χ3v) is 4.97. The smallest absolute Gasteiger partial charge is 0.338 e. The number of halogens is 6. The van der Waals surface area contributed by atoms with Crippen molar-refractivity contribution in [3.8, 4) is 0 Å². The van der Waals surface area contributed by atoms with Crippen molar-refractivity contribution in [2.75, 3.05) is 10.6 Å². The lowest BCUT2D eigenvalue weighted by molar-refractivity contribution is -0.137. The molecule has 0 saturated carbocycles. The highest BCUT2D eigenvalue weighted by molar-refractivity contribution is 6.39. The second-order valence-corrected chi connectivity index (χ2v) is 7.27. The Morgan fingerprint density at radius 3 is 2.30 bits per heavy atom. The van der Waals surface area contributed by atoms with Gasteiger partial charge in [0.2, 0.25) is 5.95 Å². The molecule has 0 saturated heterocycles. The van der Waals surface area contributed by atoms with Gasteiger partial charge in [0.1, 0.15) is 11.8 Å². The lowest BCUT2D eigenvalue weighted by Crippen LogP contribution is -2.06. The minimum atomic E-state index is -4.54. The maximum atomic E-state index is 12.9. The first-order chi connectivity index (χ1) is 14.2. The fraction of sp³-hybridized carbons (Fsp3) is 0.0556. The van der Waals surface area contributed by atoms with E-state index in [1.165, 1.54) is 12.4 Å². The maximum absolute atomic E-state index is 12.9. The zero-order valence-electron chi connectivity index (χ0n) is 14.7. The largest absolute Gasteiger partial charge is 0.417 e. The van der Waals surface area contributed by atoms with Gasteiger partial charge in [0, 0.05) is 5.69 Å². The van der Waals surface area contributed by atoms with Crippen LogP contribution < -0.4 is 10.6 Å². The van der Waals surface area contributed by atoms with E-state index < -0.39 is 16.8 Å². The average Bonchev–Trinajstić information content (AvgIpc) is 3.08. The summed E-state index contributed by atoms with van der Waals surface area (Å²) < 4.78 is 38.7. The van der Waals surface area contributed by atoms with Crippen LogP contribution >= 0.6 is 34.8 Å². The Kier molecular flexibility index (Phi) is 5.35. The van der Waals surface area contributed by atoms with E-state index in [2.05, 4.69) is 30.6 Å². The summed E-state index contributed by atoms with van der Waals surface area (Å²) in [5.41, 5.74) is 0.575. The lowest BCUT2D eigenvalue weighted by Gasteiger charge is -2.11. The molecule has 2 aromatic carbocycles. The molecule has 2 heterocycles. The molecule has 0 aliphatic carbocycles. The number of aromatic nitrogens is 4. The number of anilines is 4. The number of hydrogen-bond donors (Lipinski definition) is 3. The molecule has 0 aliphatic heterocycles. The van der Waals surface area contributed by atoms with Gasteiger partial charge < -0.3 is 15.6 Å². The topological polar surface area (TPSA) is 78.5 Å². The maximum Gasteiger partial charge on any atom is 0.417 e. The van der Waals surface area contributed by atoms with Crippen molar-refractivity contribution in [2.45, 2.75) is 6.18 Å². The van der Waals surface area contributed by atoms with Crippen LogP contribution in [0, 0.1) is 0 Å². The molecule has 154 valence electrons. The molecule has 3 N–H and O–H groups in total. The Hall–Kier alpha value is -2.75. The minimum Gasteiger partial charge on any atom is -0.338 e. The lowest BCUT2D eigenvalue weighted by atomic mass is 10.2. The zero-order valence-corrected chi connectivity index (χ0v) is 16.9. The summed E-state index contributed by atoms with van der Waals surface area (Å²) in [5.74, 6) is 0.593. The van der Waals surface area contributed by atoms with Gasteiger partial charge in [-0.25, -0.2) is 9.97 Å². The molecule has 0 aliphatic rings. The Morgan fingerprint density at radius 1 is 0.900 bits per heavy atom. The Morgan fingerprint density at radius 2 is 1.63 bits per heavy atom. The van der Waals surface area contributed by atoms with Crippen molar-refractivity contribution >= 4 is 69.1 Å². The van der Waals surface area contributed by atoms with Gasteiger partial charge in [-0.2, -0.15) is 18.2 Å².